The maximum Gasteiger partial charge on any atom is 0.407 e. The zero-order valence-corrected chi connectivity index (χ0v) is 12.4. The molecule has 20 heavy (non-hydrogen) atoms. The number of fused-ring (bicyclic) bond motifs is 1. The van der Waals surface area contributed by atoms with Crippen LogP contribution in [0.5, 0.6) is 0 Å². The van der Waals surface area contributed by atoms with Crippen molar-refractivity contribution in [1.29, 1.82) is 0 Å². The molecule has 0 aromatic carbocycles. The Labute approximate surface area is 125 Å². The van der Waals surface area contributed by atoms with Gasteiger partial charge in [0.25, 0.3) is 0 Å². The minimum absolute atomic E-state index is 0.0797. The number of nitrogens with one attached hydrogen (secondary N) is 1. The van der Waals surface area contributed by atoms with Crippen molar-refractivity contribution in [3.05, 3.63) is 11.0 Å². The van der Waals surface area contributed by atoms with E-state index >= 15 is 0 Å². The largest absolute Gasteiger partial charge is 0.465 e. The first kappa shape index (κ1) is 13.8. The van der Waals surface area contributed by atoms with Gasteiger partial charge in [-0.1, -0.05) is 0 Å². The standard InChI is InChI=1S/C12H15ClN4O2S/c13-11-15-8-3-5-20-9(8)10(16-11)14-7-2-1-4-17(6-7)12(18)19/h7H,1-6H2,(H,18,19)(H,14,15,16)/t7-/m1/s1. The maximum absolute atomic E-state index is 11.0. The van der Waals surface area contributed by atoms with E-state index in [2.05, 4.69) is 15.3 Å². The van der Waals surface area contributed by atoms with E-state index in [1.165, 1.54) is 4.90 Å². The Morgan fingerprint density at radius 2 is 2.35 bits per heavy atom. The minimum Gasteiger partial charge on any atom is -0.465 e. The molecule has 0 bridgehead atoms. The van der Waals surface area contributed by atoms with Crippen molar-refractivity contribution >= 4 is 35.3 Å². The number of aryl methyl sites for hydroxylation is 1. The van der Waals surface area contributed by atoms with Crippen LogP contribution in [0.4, 0.5) is 10.6 Å². The highest BCUT2D eigenvalue weighted by atomic mass is 35.5. The first-order valence-corrected chi connectivity index (χ1v) is 7.93. The normalized spacial score (nSPS) is 21.6. The van der Waals surface area contributed by atoms with Crippen molar-refractivity contribution in [2.45, 2.75) is 30.2 Å². The third-order valence-electron chi connectivity index (χ3n) is 3.53. The minimum atomic E-state index is -0.864. The molecule has 3 rings (SSSR count). The summed E-state index contributed by atoms with van der Waals surface area (Å²) in [4.78, 5) is 22.0. The molecular weight excluding hydrogens is 300 g/mol. The summed E-state index contributed by atoms with van der Waals surface area (Å²) in [5.41, 5.74) is 0.989. The molecule has 1 saturated heterocycles. The van der Waals surface area contributed by atoms with Gasteiger partial charge in [0, 0.05) is 31.3 Å². The van der Waals surface area contributed by atoms with Crippen LogP contribution in [0.3, 0.4) is 0 Å². The lowest BCUT2D eigenvalue weighted by molar-refractivity contribution is 0.132. The fourth-order valence-corrected chi connectivity index (χ4v) is 3.84. The monoisotopic (exact) mass is 314 g/mol. The Balaban J connectivity index is 1.76. The van der Waals surface area contributed by atoms with Crippen molar-refractivity contribution in [2.24, 2.45) is 0 Å². The molecule has 8 heteroatoms. The lowest BCUT2D eigenvalue weighted by atomic mass is 10.1. The summed E-state index contributed by atoms with van der Waals surface area (Å²) in [6, 6.07) is 0.0797. The second-order valence-electron chi connectivity index (χ2n) is 4.93. The quantitative estimate of drug-likeness (QED) is 0.816. The molecule has 3 heterocycles. The molecule has 1 fully saturated rings. The van der Waals surface area contributed by atoms with E-state index < -0.39 is 6.09 Å². The number of likely N-dealkylation sites (tertiary alicyclic amines) is 1. The van der Waals surface area contributed by atoms with Crippen LogP contribution < -0.4 is 5.32 Å². The van der Waals surface area contributed by atoms with Crippen molar-refractivity contribution in [3.8, 4) is 0 Å². The maximum atomic E-state index is 11.0. The van der Waals surface area contributed by atoms with Gasteiger partial charge in [0.2, 0.25) is 5.28 Å². The first-order valence-electron chi connectivity index (χ1n) is 6.57. The van der Waals surface area contributed by atoms with Gasteiger partial charge in [0.05, 0.1) is 10.6 Å². The highest BCUT2D eigenvalue weighted by Crippen LogP contribution is 2.36. The van der Waals surface area contributed by atoms with Gasteiger partial charge in [0.1, 0.15) is 5.82 Å². The van der Waals surface area contributed by atoms with Crippen molar-refractivity contribution in [1.82, 2.24) is 14.9 Å². The van der Waals surface area contributed by atoms with E-state index in [-0.39, 0.29) is 11.3 Å². The Kier molecular flexibility index (Phi) is 3.89. The van der Waals surface area contributed by atoms with Crippen molar-refractivity contribution < 1.29 is 9.90 Å². The molecule has 0 saturated carbocycles. The van der Waals surface area contributed by atoms with Crippen molar-refractivity contribution in [2.75, 3.05) is 24.2 Å². The summed E-state index contributed by atoms with van der Waals surface area (Å²) in [5.74, 6) is 1.74. The molecule has 2 aliphatic rings. The number of aromatic nitrogens is 2. The Hall–Kier alpha value is -1.21. The second kappa shape index (κ2) is 5.65. The molecule has 6 nitrogen and oxygen atoms in total. The number of piperidine rings is 1. The molecule has 0 radical (unpaired) electrons. The third-order valence-corrected chi connectivity index (χ3v) is 4.82. The zero-order chi connectivity index (χ0) is 14.1. The number of hydrogen-bond acceptors (Lipinski definition) is 5. The number of hydrogen-bond donors (Lipinski definition) is 2. The Bertz CT molecular complexity index is 542. The highest BCUT2D eigenvalue weighted by Gasteiger charge is 2.26. The SMILES string of the molecule is O=C(O)N1CCC[C@@H](Nc2nc(Cl)nc3c2SCC3)C1. The number of carbonyl (C=O) groups is 1. The fraction of sp³-hybridized carbons (Fsp3) is 0.583. The zero-order valence-electron chi connectivity index (χ0n) is 10.8. The van der Waals surface area contributed by atoms with E-state index in [9.17, 15) is 4.79 Å². The van der Waals surface area contributed by atoms with Gasteiger partial charge in [0.15, 0.2) is 0 Å². The summed E-state index contributed by atoms with van der Waals surface area (Å²) >= 11 is 7.67. The number of amides is 1. The van der Waals surface area contributed by atoms with Gasteiger partial charge in [-0.2, -0.15) is 4.98 Å². The van der Waals surface area contributed by atoms with E-state index in [4.69, 9.17) is 16.7 Å². The Morgan fingerprint density at radius 3 is 3.15 bits per heavy atom. The van der Waals surface area contributed by atoms with E-state index in [1.54, 1.807) is 11.8 Å². The van der Waals surface area contributed by atoms with Gasteiger partial charge in [-0.05, 0) is 24.4 Å². The number of thioether (sulfide) groups is 1. The molecule has 1 amide bonds. The van der Waals surface area contributed by atoms with E-state index in [1.807, 2.05) is 0 Å². The second-order valence-corrected chi connectivity index (χ2v) is 6.37. The summed E-state index contributed by atoms with van der Waals surface area (Å²) in [7, 11) is 0. The summed E-state index contributed by atoms with van der Waals surface area (Å²) < 4.78 is 0. The summed E-state index contributed by atoms with van der Waals surface area (Å²) in [6.07, 6.45) is 1.84. The number of carboxylic acid groups (broad SMARTS) is 1. The lowest BCUT2D eigenvalue weighted by Crippen LogP contribution is -2.44. The van der Waals surface area contributed by atoms with Crippen LogP contribution in [0.2, 0.25) is 5.28 Å². The van der Waals surface area contributed by atoms with E-state index in [0.29, 0.717) is 13.1 Å². The molecular formula is C12H15ClN4O2S. The number of nitrogens with zero attached hydrogens (tertiary/aromatic N) is 3. The molecule has 0 aliphatic carbocycles. The average Bonchev–Trinajstić information content (AvgIpc) is 2.87. The van der Waals surface area contributed by atoms with Crippen LogP contribution >= 0.6 is 23.4 Å². The first-order chi connectivity index (χ1) is 9.63. The third kappa shape index (κ3) is 2.78. The average molecular weight is 315 g/mol. The molecule has 1 aromatic heterocycles. The number of rotatable bonds is 2. The van der Waals surface area contributed by atoms with Crippen LogP contribution in [0, 0.1) is 0 Å². The molecule has 108 valence electrons. The molecule has 1 atom stereocenters. The number of halogens is 1. The molecule has 2 aliphatic heterocycles. The van der Waals surface area contributed by atoms with Gasteiger partial charge < -0.3 is 15.3 Å². The van der Waals surface area contributed by atoms with Crippen LogP contribution in [0.15, 0.2) is 4.90 Å². The molecule has 1 aromatic rings. The van der Waals surface area contributed by atoms with Gasteiger partial charge in [-0.3, -0.25) is 0 Å². The smallest absolute Gasteiger partial charge is 0.407 e. The predicted octanol–water partition coefficient (Wildman–Crippen LogP) is 2.33. The fourth-order valence-electron chi connectivity index (χ4n) is 2.60. The van der Waals surface area contributed by atoms with Gasteiger partial charge >= 0.3 is 6.09 Å². The lowest BCUT2D eigenvalue weighted by Gasteiger charge is -2.31. The summed E-state index contributed by atoms with van der Waals surface area (Å²) in [6.45, 7) is 1.08. The molecule has 2 N–H and O–H groups in total. The number of anilines is 1. The predicted molar refractivity (Wildman–Crippen MR) is 77.7 cm³/mol. The van der Waals surface area contributed by atoms with Crippen LogP contribution in [-0.4, -0.2) is 51.0 Å². The van der Waals surface area contributed by atoms with Gasteiger partial charge in [-0.15, -0.1) is 11.8 Å². The Morgan fingerprint density at radius 1 is 1.50 bits per heavy atom. The molecule has 0 unspecified atom stereocenters. The van der Waals surface area contributed by atoms with E-state index in [0.717, 1.165) is 41.4 Å². The van der Waals surface area contributed by atoms with Crippen LogP contribution in [0.25, 0.3) is 0 Å². The van der Waals surface area contributed by atoms with Crippen LogP contribution in [-0.2, 0) is 6.42 Å². The van der Waals surface area contributed by atoms with Gasteiger partial charge in [-0.25, -0.2) is 9.78 Å². The van der Waals surface area contributed by atoms with Crippen LogP contribution in [0.1, 0.15) is 18.5 Å². The topological polar surface area (TPSA) is 78.4 Å². The highest BCUT2D eigenvalue weighted by molar-refractivity contribution is 7.99. The van der Waals surface area contributed by atoms with Crippen molar-refractivity contribution in [3.63, 3.8) is 0 Å². The summed E-state index contributed by atoms with van der Waals surface area (Å²) in [5, 5.41) is 12.7. The molecule has 0 spiro atoms.